The number of carbonyl (C=O) groups is 1. The Kier molecular flexibility index (Phi) is 2.73. The maximum Gasteiger partial charge on any atom is 0.127 e. The molecule has 14 heavy (non-hydrogen) atoms. The number of halogens is 1. The molecule has 0 N–H and O–H groups in total. The summed E-state index contributed by atoms with van der Waals surface area (Å²) in [6.07, 6.45) is 1.62. The molecule has 2 nitrogen and oxygen atoms in total. The highest BCUT2D eigenvalue weighted by Crippen LogP contribution is 2.34. The fraction of sp³-hybridized carbons (Fsp3) is 0.364. The molecule has 0 bridgehead atoms. The summed E-state index contributed by atoms with van der Waals surface area (Å²) in [6, 6.07) is 7.63. The first-order valence-corrected chi connectivity index (χ1v) is 5.15. The normalized spacial score (nSPS) is 24.9. The predicted molar refractivity (Wildman–Crippen MR) is 55.0 cm³/mol. The molecule has 1 aliphatic rings. The molecule has 0 saturated heterocycles. The average molecular weight is 211 g/mol. The van der Waals surface area contributed by atoms with Crippen LogP contribution in [0.1, 0.15) is 17.9 Å². The molecule has 0 spiro atoms. The molecule has 2 atom stereocenters. The van der Waals surface area contributed by atoms with E-state index in [-0.39, 0.29) is 12.0 Å². The predicted octanol–water partition coefficient (Wildman–Crippen LogP) is 2.36. The van der Waals surface area contributed by atoms with Crippen LogP contribution in [0.2, 0.25) is 0 Å². The summed E-state index contributed by atoms with van der Waals surface area (Å²) >= 11 is 5.73. The quantitative estimate of drug-likeness (QED) is 0.553. The van der Waals surface area contributed by atoms with Crippen LogP contribution >= 0.6 is 11.6 Å². The largest absolute Gasteiger partial charge is 0.489 e. The fourth-order valence-corrected chi connectivity index (χ4v) is 1.94. The second kappa shape index (κ2) is 4.01. The molecule has 0 amide bonds. The van der Waals surface area contributed by atoms with Gasteiger partial charge < -0.3 is 9.53 Å². The number of alkyl halides is 1. The molecular weight excluding hydrogens is 200 g/mol. The lowest BCUT2D eigenvalue weighted by atomic mass is 9.91. The molecule has 2 rings (SSSR count). The molecule has 74 valence electrons. The Bertz CT molecular complexity index is 338. The van der Waals surface area contributed by atoms with Gasteiger partial charge in [0.1, 0.15) is 18.1 Å². The van der Waals surface area contributed by atoms with Gasteiger partial charge in [-0.05, 0) is 12.5 Å². The Labute approximate surface area is 87.8 Å². The van der Waals surface area contributed by atoms with Crippen molar-refractivity contribution in [1.82, 2.24) is 0 Å². The monoisotopic (exact) mass is 210 g/mol. The zero-order valence-electron chi connectivity index (χ0n) is 7.65. The van der Waals surface area contributed by atoms with Gasteiger partial charge in [-0.15, -0.1) is 11.6 Å². The van der Waals surface area contributed by atoms with E-state index in [4.69, 9.17) is 16.3 Å². The van der Waals surface area contributed by atoms with Crippen LogP contribution in [0.3, 0.4) is 0 Å². The zero-order chi connectivity index (χ0) is 9.97. The van der Waals surface area contributed by atoms with Crippen LogP contribution in [0.15, 0.2) is 24.3 Å². The third-order valence-electron chi connectivity index (χ3n) is 2.47. The lowest BCUT2D eigenvalue weighted by Crippen LogP contribution is -2.27. The Hall–Kier alpha value is -1.02. The average Bonchev–Trinajstić information content (AvgIpc) is 2.27. The van der Waals surface area contributed by atoms with Crippen molar-refractivity contribution in [2.45, 2.75) is 18.4 Å². The third-order valence-corrected chi connectivity index (χ3v) is 2.81. The van der Waals surface area contributed by atoms with Gasteiger partial charge in [0.15, 0.2) is 0 Å². The van der Waals surface area contributed by atoms with Gasteiger partial charge in [0.25, 0.3) is 0 Å². The SMILES string of the molecule is O=CC1CC(CCl)Oc2ccccc21. The van der Waals surface area contributed by atoms with E-state index >= 15 is 0 Å². The topological polar surface area (TPSA) is 26.3 Å². The number of hydrogen-bond acceptors (Lipinski definition) is 2. The summed E-state index contributed by atoms with van der Waals surface area (Å²) in [5, 5.41) is 0. The van der Waals surface area contributed by atoms with Gasteiger partial charge in [-0.2, -0.15) is 0 Å². The van der Waals surface area contributed by atoms with E-state index < -0.39 is 0 Å². The van der Waals surface area contributed by atoms with Crippen LogP contribution in [-0.4, -0.2) is 18.3 Å². The summed E-state index contributed by atoms with van der Waals surface area (Å²) in [7, 11) is 0. The number of hydrogen-bond donors (Lipinski definition) is 0. The smallest absolute Gasteiger partial charge is 0.127 e. The highest BCUT2D eigenvalue weighted by atomic mass is 35.5. The first-order valence-electron chi connectivity index (χ1n) is 4.62. The van der Waals surface area contributed by atoms with Crippen molar-refractivity contribution in [2.75, 3.05) is 5.88 Å². The summed E-state index contributed by atoms with van der Waals surface area (Å²) < 4.78 is 5.62. The van der Waals surface area contributed by atoms with Gasteiger partial charge in [-0.25, -0.2) is 0 Å². The molecule has 0 aromatic heterocycles. The van der Waals surface area contributed by atoms with Crippen molar-refractivity contribution in [1.29, 1.82) is 0 Å². The molecule has 2 unspecified atom stereocenters. The highest BCUT2D eigenvalue weighted by molar-refractivity contribution is 6.18. The number of ether oxygens (including phenoxy) is 1. The Morgan fingerprint density at radius 1 is 1.50 bits per heavy atom. The number of para-hydroxylation sites is 1. The summed E-state index contributed by atoms with van der Waals surface area (Å²) in [5.41, 5.74) is 0.976. The Morgan fingerprint density at radius 2 is 2.29 bits per heavy atom. The van der Waals surface area contributed by atoms with Crippen LogP contribution in [-0.2, 0) is 4.79 Å². The molecule has 0 radical (unpaired) electrons. The van der Waals surface area contributed by atoms with E-state index in [0.29, 0.717) is 12.3 Å². The van der Waals surface area contributed by atoms with Crippen molar-refractivity contribution >= 4 is 17.9 Å². The second-order valence-corrected chi connectivity index (χ2v) is 3.72. The first-order chi connectivity index (χ1) is 6.85. The first kappa shape index (κ1) is 9.53. The van der Waals surface area contributed by atoms with E-state index in [0.717, 1.165) is 17.6 Å². The molecule has 1 aliphatic heterocycles. The van der Waals surface area contributed by atoms with Gasteiger partial charge in [0, 0.05) is 11.5 Å². The number of fused-ring (bicyclic) bond motifs is 1. The minimum atomic E-state index is -0.0660. The minimum Gasteiger partial charge on any atom is -0.489 e. The molecule has 0 saturated carbocycles. The summed E-state index contributed by atoms with van der Waals surface area (Å²) in [4.78, 5) is 10.9. The van der Waals surface area contributed by atoms with Gasteiger partial charge in [0.2, 0.25) is 0 Å². The van der Waals surface area contributed by atoms with Crippen molar-refractivity contribution in [3.8, 4) is 5.75 Å². The standard InChI is InChI=1S/C11H11ClO2/c12-6-9-5-8(7-13)10-3-1-2-4-11(10)14-9/h1-4,7-9H,5-6H2. The lowest BCUT2D eigenvalue weighted by Gasteiger charge is -2.28. The zero-order valence-corrected chi connectivity index (χ0v) is 8.41. The number of carbonyl (C=O) groups excluding carboxylic acids is 1. The minimum absolute atomic E-state index is 0.0400. The molecular formula is C11H11ClO2. The summed E-state index contributed by atoms with van der Waals surface area (Å²) in [6.45, 7) is 0. The maximum atomic E-state index is 10.9. The van der Waals surface area contributed by atoms with Gasteiger partial charge in [0.05, 0.1) is 5.88 Å². The van der Waals surface area contributed by atoms with Crippen LogP contribution in [0.25, 0.3) is 0 Å². The van der Waals surface area contributed by atoms with E-state index in [2.05, 4.69) is 0 Å². The van der Waals surface area contributed by atoms with Crippen LogP contribution in [0.4, 0.5) is 0 Å². The number of aldehydes is 1. The molecule has 1 aromatic rings. The molecule has 1 aromatic carbocycles. The number of rotatable bonds is 2. The molecule has 0 aliphatic carbocycles. The molecule has 1 heterocycles. The van der Waals surface area contributed by atoms with E-state index in [1.54, 1.807) is 0 Å². The Morgan fingerprint density at radius 3 is 3.00 bits per heavy atom. The van der Waals surface area contributed by atoms with E-state index in [1.807, 2.05) is 24.3 Å². The second-order valence-electron chi connectivity index (χ2n) is 3.41. The van der Waals surface area contributed by atoms with Crippen molar-refractivity contribution in [2.24, 2.45) is 0 Å². The maximum absolute atomic E-state index is 10.9. The van der Waals surface area contributed by atoms with E-state index in [1.165, 1.54) is 0 Å². The van der Waals surface area contributed by atoms with Crippen molar-refractivity contribution in [3.63, 3.8) is 0 Å². The lowest BCUT2D eigenvalue weighted by molar-refractivity contribution is -0.109. The molecule has 3 heteroatoms. The van der Waals surface area contributed by atoms with Crippen molar-refractivity contribution < 1.29 is 9.53 Å². The highest BCUT2D eigenvalue weighted by Gasteiger charge is 2.26. The summed E-state index contributed by atoms with van der Waals surface area (Å²) in [5.74, 6) is 1.16. The molecule has 0 fully saturated rings. The van der Waals surface area contributed by atoms with E-state index in [9.17, 15) is 4.79 Å². The van der Waals surface area contributed by atoms with Gasteiger partial charge >= 0.3 is 0 Å². The Balaban J connectivity index is 2.35. The van der Waals surface area contributed by atoms with Crippen LogP contribution in [0, 0.1) is 0 Å². The third kappa shape index (κ3) is 1.62. The van der Waals surface area contributed by atoms with Crippen molar-refractivity contribution in [3.05, 3.63) is 29.8 Å². The van der Waals surface area contributed by atoms with Gasteiger partial charge in [-0.3, -0.25) is 0 Å². The van der Waals surface area contributed by atoms with Crippen LogP contribution < -0.4 is 4.74 Å². The number of benzene rings is 1. The van der Waals surface area contributed by atoms with Gasteiger partial charge in [-0.1, -0.05) is 18.2 Å². The van der Waals surface area contributed by atoms with Crippen LogP contribution in [0.5, 0.6) is 5.75 Å². The fourth-order valence-electron chi connectivity index (χ4n) is 1.76.